The Kier molecular flexibility index (Phi) is 4.70. The fourth-order valence-electron chi connectivity index (χ4n) is 1.28. The Labute approximate surface area is 79.1 Å². The van der Waals surface area contributed by atoms with Gasteiger partial charge in [-0.3, -0.25) is 0 Å². The first-order valence-corrected chi connectivity index (χ1v) is 6.30. The molecule has 0 spiro atoms. The van der Waals surface area contributed by atoms with Gasteiger partial charge in [0.25, 0.3) is 0 Å². The highest BCUT2D eigenvalue weighted by Crippen LogP contribution is 2.37. The van der Waals surface area contributed by atoms with Gasteiger partial charge in [0.2, 0.25) is 0 Å². The summed E-state index contributed by atoms with van der Waals surface area (Å²) in [5.41, 5.74) is 0. The maximum absolute atomic E-state index is 6.15. The van der Waals surface area contributed by atoms with Gasteiger partial charge in [-0.2, -0.15) is 11.8 Å². The van der Waals surface area contributed by atoms with Crippen molar-refractivity contribution < 1.29 is 0 Å². The molecule has 1 saturated carbocycles. The standard InChI is InChI=1S/C9H17ClS/c1-11-7-3-2-4-9(10)8-5-6-8/h8-9H,2-7H2,1H3. The summed E-state index contributed by atoms with van der Waals surface area (Å²) in [6.45, 7) is 0. The predicted octanol–water partition coefficient (Wildman–Crippen LogP) is 3.54. The number of thioether (sulfide) groups is 1. The van der Waals surface area contributed by atoms with Crippen LogP contribution in [0.3, 0.4) is 0 Å². The molecule has 0 nitrogen and oxygen atoms in total. The van der Waals surface area contributed by atoms with E-state index in [0.29, 0.717) is 5.38 Å². The van der Waals surface area contributed by atoms with Crippen LogP contribution in [0, 0.1) is 5.92 Å². The van der Waals surface area contributed by atoms with E-state index in [2.05, 4.69) is 6.26 Å². The van der Waals surface area contributed by atoms with Crippen molar-refractivity contribution >= 4 is 23.4 Å². The lowest BCUT2D eigenvalue weighted by Crippen LogP contribution is -2.00. The zero-order valence-corrected chi connectivity index (χ0v) is 8.76. The second-order valence-electron chi connectivity index (χ2n) is 3.34. The minimum atomic E-state index is 0.497. The Morgan fingerprint density at radius 2 is 2.18 bits per heavy atom. The fourth-order valence-corrected chi connectivity index (χ4v) is 2.18. The average Bonchev–Trinajstić information content (AvgIpc) is 2.79. The van der Waals surface area contributed by atoms with Crippen LogP contribution in [0.2, 0.25) is 0 Å². The van der Waals surface area contributed by atoms with Crippen LogP contribution in [0.5, 0.6) is 0 Å². The van der Waals surface area contributed by atoms with Crippen molar-refractivity contribution in [1.29, 1.82) is 0 Å². The maximum Gasteiger partial charge on any atom is 0.0364 e. The summed E-state index contributed by atoms with van der Waals surface area (Å²) >= 11 is 8.08. The summed E-state index contributed by atoms with van der Waals surface area (Å²) in [6, 6.07) is 0. The van der Waals surface area contributed by atoms with Gasteiger partial charge in [0.15, 0.2) is 0 Å². The number of hydrogen-bond acceptors (Lipinski definition) is 1. The van der Waals surface area contributed by atoms with Gasteiger partial charge in [0.1, 0.15) is 0 Å². The molecule has 0 bridgehead atoms. The third-order valence-electron chi connectivity index (χ3n) is 2.21. The zero-order valence-electron chi connectivity index (χ0n) is 7.18. The first kappa shape index (κ1) is 9.73. The molecule has 0 aromatic carbocycles. The SMILES string of the molecule is CSCCCCC(Cl)C1CC1. The fraction of sp³-hybridized carbons (Fsp3) is 1.00. The van der Waals surface area contributed by atoms with E-state index in [4.69, 9.17) is 11.6 Å². The van der Waals surface area contributed by atoms with Crippen molar-refractivity contribution in [2.45, 2.75) is 37.5 Å². The largest absolute Gasteiger partial charge is 0.165 e. The highest BCUT2D eigenvalue weighted by atomic mass is 35.5. The van der Waals surface area contributed by atoms with Gasteiger partial charge in [0, 0.05) is 5.38 Å². The van der Waals surface area contributed by atoms with Crippen LogP contribution in [0.25, 0.3) is 0 Å². The van der Waals surface area contributed by atoms with Gasteiger partial charge in [-0.05, 0) is 43.6 Å². The van der Waals surface area contributed by atoms with Crippen molar-refractivity contribution in [3.8, 4) is 0 Å². The van der Waals surface area contributed by atoms with Crippen molar-refractivity contribution in [3.63, 3.8) is 0 Å². The van der Waals surface area contributed by atoms with Crippen LogP contribution in [0.1, 0.15) is 32.1 Å². The van der Waals surface area contributed by atoms with Gasteiger partial charge < -0.3 is 0 Å². The summed E-state index contributed by atoms with van der Waals surface area (Å²) in [5, 5.41) is 0.497. The Balaban J connectivity index is 1.85. The molecule has 1 atom stereocenters. The molecule has 1 aliphatic rings. The molecule has 1 rings (SSSR count). The molecule has 2 heteroatoms. The lowest BCUT2D eigenvalue weighted by atomic mass is 10.1. The van der Waals surface area contributed by atoms with E-state index in [1.807, 2.05) is 11.8 Å². The van der Waals surface area contributed by atoms with E-state index in [1.54, 1.807) is 0 Å². The monoisotopic (exact) mass is 192 g/mol. The third-order valence-corrected chi connectivity index (χ3v) is 3.48. The predicted molar refractivity (Wildman–Crippen MR) is 54.6 cm³/mol. The Hall–Kier alpha value is 0.640. The van der Waals surface area contributed by atoms with Crippen LogP contribution >= 0.6 is 23.4 Å². The molecule has 1 aliphatic carbocycles. The topological polar surface area (TPSA) is 0 Å². The van der Waals surface area contributed by atoms with Gasteiger partial charge in [-0.15, -0.1) is 11.6 Å². The molecule has 0 aliphatic heterocycles. The minimum Gasteiger partial charge on any atom is -0.165 e. The number of rotatable bonds is 6. The van der Waals surface area contributed by atoms with E-state index in [0.717, 1.165) is 5.92 Å². The quantitative estimate of drug-likeness (QED) is 0.458. The first-order valence-electron chi connectivity index (χ1n) is 4.47. The van der Waals surface area contributed by atoms with E-state index < -0.39 is 0 Å². The molecule has 66 valence electrons. The smallest absolute Gasteiger partial charge is 0.0364 e. The lowest BCUT2D eigenvalue weighted by molar-refractivity contribution is 0.631. The molecule has 0 aromatic rings. The van der Waals surface area contributed by atoms with Gasteiger partial charge in [-0.1, -0.05) is 6.42 Å². The van der Waals surface area contributed by atoms with Crippen LogP contribution in [-0.2, 0) is 0 Å². The molecule has 0 heterocycles. The normalized spacial score (nSPS) is 20.2. The molecule has 1 fully saturated rings. The van der Waals surface area contributed by atoms with E-state index >= 15 is 0 Å². The van der Waals surface area contributed by atoms with Crippen molar-refractivity contribution in [1.82, 2.24) is 0 Å². The Bertz CT molecular complexity index is 102. The van der Waals surface area contributed by atoms with Crippen LogP contribution in [0.15, 0.2) is 0 Å². The second-order valence-corrected chi connectivity index (χ2v) is 4.89. The van der Waals surface area contributed by atoms with Gasteiger partial charge in [0.05, 0.1) is 0 Å². The minimum absolute atomic E-state index is 0.497. The highest BCUT2D eigenvalue weighted by Gasteiger charge is 2.28. The summed E-state index contributed by atoms with van der Waals surface area (Å²) in [7, 11) is 0. The summed E-state index contributed by atoms with van der Waals surface area (Å²) < 4.78 is 0. The van der Waals surface area contributed by atoms with Crippen LogP contribution < -0.4 is 0 Å². The van der Waals surface area contributed by atoms with E-state index in [-0.39, 0.29) is 0 Å². The van der Waals surface area contributed by atoms with E-state index in [9.17, 15) is 0 Å². The molecule has 0 N–H and O–H groups in total. The number of unbranched alkanes of at least 4 members (excludes halogenated alkanes) is 1. The number of halogens is 1. The maximum atomic E-state index is 6.15. The summed E-state index contributed by atoms with van der Waals surface area (Å²) in [6.07, 6.45) is 8.85. The third kappa shape index (κ3) is 4.27. The van der Waals surface area contributed by atoms with E-state index in [1.165, 1.54) is 37.9 Å². The van der Waals surface area contributed by atoms with Crippen LogP contribution in [0.4, 0.5) is 0 Å². The molecule has 0 saturated heterocycles. The first-order chi connectivity index (χ1) is 5.34. The Morgan fingerprint density at radius 3 is 2.73 bits per heavy atom. The van der Waals surface area contributed by atoms with Gasteiger partial charge in [-0.25, -0.2) is 0 Å². The number of alkyl halides is 1. The molecular weight excluding hydrogens is 176 g/mol. The van der Waals surface area contributed by atoms with Crippen molar-refractivity contribution in [2.75, 3.05) is 12.0 Å². The van der Waals surface area contributed by atoms with Gasteiger partial charge >= 0.3 is 0 Å². The summed E-state index contributed by atoms with van der Waals surface area (Å²) in [5.74, 6) is 2.18. The van der Waals surface area contributed by atoms with Crippen molar-refractivity contribution in [2.24, 2.45) is 5.92 Å². The summed E-state index contributed by atoms with van der Waals surface area (Å²) in [4.78, 5) is 0. The molecular formula is C9H17ClS. The zero-order chi connectivity index (χ0) is 8.10. The molecule has 11 heavy (non-hydrogen) atoms. The Morgan fingerprint density at radius 1 is 1.45 bits per heavy atom. The second kappa shape index (κ2) is 5.31. The van der Waals surface area contributed by atoms with Crippen molar-refractivity contribution in [3.05, 3.63) is 0 Å². The lowest BCUT2D eigenvalue weighted by Gasteiger charge is -2.05. The number of hydrogen-bond donors (Lipinski definition) is 0. The average molecular weight is 193 g/mol. The highest BCUT2D eigenvalue weighted by molar-refractivity contribution is 7.98. The molecule has 1 unspecified atom stereocenters. The molecule has 0 amide bonds. The molecule has 0 aromatic heterocycles. The molecule has 0 radical (unpaired) electrons. The van der Waals surface area contributed by atoms with Crippen LogP contribution in [-0.4, -0.2) is 17.4 Å².